The molecular formula is C15H21NO. The minimum Gasteiger partial charge on any atom is -0.393 e. The zero-order valence-corrected chi connectivity index (χ0v) is 10.4. The maximum atomic E-state index is 9.35. The van der Waals surface area contributed by atoms with E-state index in [1.54, 1.807) is 0 Å². The van der Waals surface area contributed by atoms with Crippen molar-refractivity contribution in [3.8, 4) is 0 Å². The van der Waals surface area contributed by atoms with E-state index in [4.69, 9.17) is 0 Å². The summed E-state index contributed by atoms with van der Waals surface area (Å²) in [6.07, 6.45) is 4.28. The first kappa shape index (κ1) is 11.2. The third kappa shape index (κ3) is 2.12. The number of aliphatic hydroxyl groups is 1. The summed E-state index contributed by atoms with van der Waals surface area (Å²) in [5.74, 6) is 0.691. The molecule has 0 heterocycles. The largest absolute Gasteiger partial charge is 0.393 e. The molecule has 1 saturated carbocycles. The highest BCUT2D eigenvalue weighted by Crippen LogP contribution is 2.38. The molecule has 0 saturated heterocycles. The molecule has 1 aromatic carbocycles. The van der Waals surface area contributed by atoms with Gasteiger partial charge in [-0.2, -0.15) is 0 Å². The predicted octanol–water partition coefficient (Wildman–Crippen LogP) is 2.74. The zero-order chi connectivity index (χ0) is 11.8. The van der Waals surface area contributed by atoms with Gasteiger partial charge in [-0.1, -0.05) is 31.2 Å². The molecule has 92 valence electrons. The first-order valence-electron chi connectivity index (χ1n) is 6.77. The fourth-order valence-corrected chi connectivity index (χ4v) is 3.19. The lowest BCUT2D eigenvalue weighted by Gasteiger charge is -2.38. The Hall–Kier alpha value is -0.860. The van der Waals surface area contributed by atoms with Crippen LogP contribution in [-0.2, 0) is 0 Å². The quantitative estimate of drug-likeness (QED) is 0.820. The monoisotopic (exact) mass is 231 g/mol. The first-order valence-corrected chi connectivity index (χ1v) is 6.77. The number of rotatable bonds is 2. The summed E-state index contributed by atoms with van der Waals surface area (Å²) in [6.45, 7) is 2.32. The average molecular weight is 231 g/mol. The van der Waals surface area contributed by atoms with Gasteiger partial charge in [-0.05, 0) is 42.7 Å². The summed E-state index contributed by atoms with van der Waals surface area (Å²) in [5.41, 5.74) is 2.99. The molecule has 2 aliphatic rings. The van der Waals surface area contributed by atoms with Crippen LogP contribution in [0.15, 0.2) is 24.3 Å². The zero-order valence-electron chi connectivity index (χ0n) is 10.4. The van der Waals surface area contributed by atoms with E-state index in [1.807, 2.05) is 0 Å². The first-order chi connectivity index (χ1) is 8.24. The fraction of sp³-hybridized carbons (Fsp3) is 0.600. The molecule has 2 heteroatoms. The second-order valence-corrected chi connectivity index (χ2v) is 5.65. The van der Waals surface area contributed by atoms with Crippen molar-refractivity contribution < 1.29 is 5.11 Å². The van der Waals surface area contributed by atoms with Gasteiger partial charge in [0.05, 0.1) is 6.10 Å². The van der Waals surface area contributed by atoms with Crippen molar-refractivity contribution >= 4 is 0 Å². The lowest BCUT2D eigenvalue weighted by atomic mass is 9.79. The van der Waals surface area contributed by atoms with Crippen molar-refractivity contribution in [2.45, 2.75) is 56.7 Å². The van der Waals surface area contributed by atoms with Gasteiger partial charge in [-0.25, -0.2) is 0 Å². The van der Waals surface area contributed by atoms with Gasteiger partial charge in [0.1, 0.15) is 0 Å². The third-order valence-corrected chi connectivity index (χ3v) is 4.34. The van der Waals surface area contributed by atoms with E-state index in [0.29, 0.717) is 18.0 Å². The normalized spacial score (nSPS) is 36.1. The molecule has 1 aromatic rings. The molecule has 2 nitrogen and oxygen atoms in total. The Balaban J connectivity index is 1.76. The molecular weight excluding hydrogens is 210 g/mol. The molecule has 3 rings (SSSR count). The maximum Gasteiger partial charge on any atom is 0.0570 e. The molecule has 2 aliphatic carbocycles. The lowest BCUT2D eigenvalue weighted by Crippen LogP contribution is -2.46. The summed E-state index contributed by atoms with van der Waals surface area (Å²) < 4.78 is 0. The van der Waals surface area contributed by atoms with Gasteiger partial charge in [0.15, 0.2) is 0 Å². The van der Waals surface area contributed by atoms with E-state index in [9.17, 15) is 5.11 Å². The average Bonchev–Trinajstić information content (AvgIpc) is 2.31. The number of hydrogen-bond acceptors (Lipinski definition) is 2. The fourth-order valence-electron chi connectivity index (χ4n) is 3.19. The van der Waals surface area contributed by atoms with Gasteiger partial charge in [-0.3, -0.25) is 0 Å². The molecule has 0 bridgehead atoms. The molecule has 2 unspecified atom stereocenters. The molecule has 0 radical (unpaired) electrons. The molecule has 17 heavy (non-hydrogen) atoms. The van der Waals surface area contributed by atoms with Crippen molar-refractivity contribution in [1.29, 1.82) is 0 Å². The summed E-state index contributed by atoms with van der Waals surface area (Å²) >= 11 is 0. The highest BCUT2D eigenvalue weighted by atomic mass is 16.3. The SMILES string of the molecule is CC1CCC(NC2CC(O)C2)c2ccccc21. The topological polar surface area (TPSA) is 32.3 Å². The molecule has 0 spiro atoms. The number of hydrogen-bond donors (Lipinski definition) is 2. The maximum absolute atomic E-state index is 9.35. The standard InChI is InChI=1S/C15H21NO/c1-10-6-7-15(16-11-8-12(17)9-11)14-5-3-2-4-13(10)14/h2-5,10-12,15-17H,6-9H2,1H3. The Labute approximate surface area is 103 Å². The van der Waals surface area contributed by atoms with Gasteiger partial charge in [0.2, 0.25) is 0 Å². The molecule has 2 N–H and O–H groups in total. The van der Waals surface area contributed by atoms with Crippen LogP contribution in [0, 0.1) is 0 Å². The minimum absolute atomic E-state index is 0.0646. The van der Waals surface area contributed by atoms with Crippen LogP contribution in [0.3, 0.4) is 0 Å². The van der Waals surface area contributed by atoms with E-state index in [0.717, 1.165) is 12.8 Å². The van der Waals surface area contributed by atoms with Crippen LogP contribution < -0.4 is 5.32 Å². The van der Waals surface area contributed by atoms with Gasteiger partial charge in [0, 0.05) is 12.1 Å². The predicted molar refractivity (Wildman–Crippen MR) is 69.0 cm³/mol. The Kier molecular flexibility index (Phi) is 2.93. The Bertz CT molecular complexity index is 398. The molecule has 1 fully saturated rings. The highest BCUT2D eigenvalue weighted by Gasteiger charge is 2.31. The van der Waals surface area contributed by atoms with E-state index in [-0.39, 0.29) is 6.10 Å². The van der Waals surface area contributed by atoms with Gasteiger partial charge < -0.3 is 10.4 Å². The van der Waals surface area contributed by atoms with E-state index < -0.39 is 0 Å². The van der Waals surface area contributed by atoms with Crippen LogP contribution in [0.4, 0.5) is 0 Å². The van der Waals surface area contributed by atoms with Crippen LogP contribution in [0.2, 0.25) is 0 Å². The Morgan fingerprint density at radius 2 is 1.82 bits per heavy atom. The van der Waals surface area contributed by atoms with Crippen LogP contribution >= 0.6 is 0 Å². The summed E-state index contributed by atoms with van der Waals surface area (Å²) in [4.78, 5) is 0. The molecule has 2 atom stereocenters. The van der Waals surface area contributed by atoms with Gasteiger partial charge in [0.25, 0.3) is 0 Å². The number of nitrogens with one attached hydrogen (secondary N) is 1. The minimum atomic E-state index is -0.0646. The van der Waals surface area contributed by atoms with Crippen LogP contribution in [-0.4, -0.2) is 17.3 Å². The summed E-state index contributed by atoms with van der Waals surface area (Å²) in [7, 11) is 0. The van der Waals surface area contributed by atoms with Crippen LogP contribution in [0.25, 0.3) is 0 Å². The second-order valence-electron chi connectivity index (χ2n) is 5.65. The summed E-state index contributed by atoms with van der Waals surface area (Å²) in [5, 5.41) is 13.0. The van der Waals surface area contributed by atoms with Crippen LogP contribution in [0.1, 0.15) is 55.7 Å². The Morgan fingerprint density at radius 1 is 1.12 bits per heavy atom. The van der Waals surface area contributed by atoms with E-state index in [1.165, 1.54) is 24.0 Å². The van der Waals surface area contributed by atoms with E-state index in [2.05, 4.69) is 36.5 Å². The van der Waals surface area contributed by atoms with Crippen molar-refractivity contribution in [2.24, 2.45) is 0 Å². The van der Waals surface area contributed by atoms with E-state index >= 15 is 0 Å². The smallest absolute Gasteiger partial charge is 0.0570 e. The van der Waals surface area contributed by atoms with Crippen molar-refractivity contribution in [3.05, 3.63) is 35.4 Å². The number of benzene rings is 1. The van der Waals surface area contributed by atoms with Crippen LogP contribution in [0.5, 0.6) is 0 Å². The number of aliphatic hydroxyl groups excluding tert-OH is 1. The Morgan fingerprint density at radius 3 is 2.53 bits per heavy atom. The second kappa shape index (κ2) is 4.43. The van der Waals surface area contributed by atoms with Gasteiger partial charge in [-0.15, -0.1) is 0 Å². The summed E-state index contributed by atoms with van der Waals surface area (Å²) in [6, 6.07) is 9.84. The molecule has 0 amide bonds. The highest BCUT2D eigenvalue weighted by molar-refractivity contribution is 5.35. The van der Waals surface area contributed by atoms with Crippen molar-refractivity contribution in [1.82, 2.24) is 5.32 Å². The van der Waals surface area contributed by atoms with Crippen molar-refractivity contribution in [2.75, 3.05) is 0 Å². The third-order valence-electron chi connectivity index (χ3n) is 4.34. The lowest BCUT2D eigenvalue weighted by molar-refractivity contribution is 0.0564. The number of fused-ring (bicyclic) bond motifs is 1. The molecule has 0 aromatic heterocycles. The molecule has 0 aliphatic heterocycles. The van der Waals surface area contributed by atoms with Gasteiger partial charge >= 0.3 is 0 Å². The van der Waals surface area contributed by atoms with Crippen molar-refractivity contribution in [3.63, 3.8) is 0 Å².